The van der Waals surface area contributed by atoms with Gasteiger partial charge in [-0.2, -0.15) is 5.10 Å². The lowest BCUT2D eigenvalue weighted by Crippen LogP contribution is -2.37. The highest BCUT2D eigenvalue weighted by Gasteiger charge is 2.40. The summed E-state index contributed by atoms with van der Waals surface area (Å²) >= 11 is 0. The number of nitrogens with zero attached hydrogens (tertiary/aromatic N) is 4. The maximum Gasteiger partial charge on any atom is 0.270 e. The standard InChI is InChI=1S/C30H36F2N6O2/c1-2-3-26(39)36-27(19-6-7-19)22-15-25-35-24(17-38(25)34-16-22)28(20-8-11-30(31,32)12-9-20)37-29(40)23-14-21(10-13-33-23)18-4-5-18/h10,13-20,27-28H,2-9,11-12H2,1H3,(H,36,39)(H,37,40)/t27-,28+/m1/s1. The summed E-state index contributed by atoms with van der Waals surface area (Å²) in [5, 5.41) is 10.8. The minimum atomic E-state index is -2.68. The van der Waals surface area contributed by atoms with E-state index in [-0.39, 0.29) is 49.5 Å². The third-order valence-corrected chi connectivity index (χ3v) is 8.51. The molecule has 3 saturated carbocycles. The molecule has 0 radical (unpaired) electrons. The van der Waals surface area contributed by atoms with Gasteiger partial charge in [-0.1, -0.05) is 6.92 Å². The van der Waals surface area contributed by atoms with E-state index in [2.05, 4.69) is 20.7 Å². The average Bonchev–Trinajstić information content (AvgIpc) is 3.87. The summed E-state index contributed by atoms with van der Waals surface area (Å²) in [7, 11) is 0. The van der Waals surface area contributed by atoms with Gasteiger partial charge in [-0.05, 0) is 92.0 Å². The number of aromatic nitrogens is 4. The third-order valence-electron chi connectivity index (χ3n) is 8.51. The number of amides is 2. The quantitative estimate of drug-likeness (QED) is 0.339. The van der Waals surface area contributed by atoms with E-state index in [1.807, 2.05) is 25.1 Å². The van der Waals surface area contributed by atoms with Crippen molar-refractivity contribution in [3.8, 4) is 0 Å². The summed E-state index contributed by atoms with van der Waals surface area (Å²) in [6.07, 6.45) is 10.9. The van der Waals surface area contributed by atoms with Crippen molar-refractivity contribution >= 4 is 17.5 Å². The van der Waals surface area contributed by atoms with Gasteiger partial charge < -0.3 is 10.6 Å². The Bertz CT molecular complexity index is 1390. The van der Waals surface area contributed by atoms with Crippen LogP contribution in [-0.4, -0.2) is 37.3 Å². The van der Waals surface area contributed by atoms with Gasteiger partial charge in [0.15, 0.2) is 5.65 Å². The zero-order chi connectivity index (χ0) is 27.9. The lowest BCUT2D eigenvalue weighted by Gasteiger charge is -2.33. The molecule has 2 atom stereocenters. The Hall–Kier alpha value is -3.43. The zero-order valence-corrected chi connectivity index (χ0v) is 22.8. The van der Waals surface area contributed by atoms with Crippen LogP contribution >= 0.6 is 0 Å². The lowest BCUT2D eigenvalue weighted by molar-refractivity contribution is -0.122. The molecule has 6 rings (SSSR count). The number of carbonyl (C=O) groups is 2. The monoisotopic (exact) mass is 550 g/mol. The molecule has 0 unspecified atom stereocenters. The first kappa shape index (κ1) is 26.8. The van der Waals surface area contributed by atoms with E-state index in [0.717, 1.165) is 43.2 Å². The van der Waals surface area contributed by atoms with Crippen LogP contribution in [-0.2, 0) is 4.79 Å². The van der Waals surface area contributed by atoms with E-state index < -0.39 is 12.0 Å². The van der Waals surface area contributed by atoms with Gasteiger partial charge in [0.25, 0.3) is 5.91 Å². The van der Waals surface area contributed by atoms with Crippen LogP contribution in [0, 0.1) is 11.8 Å². The minimum Gasteiger partial charge on any atom is -0.349 e. The summed E-state index contributed by atoms with van der Waals surface area (Å²) in [5.41, 5.74) is 3.52. The van der Waals surface area contributed by atoms with Crippen molar-refractivity contribution in [3.63, 3.8) is 0 Å². The molecular weight excluding hydrogens is 514 g/mol. The number of carbonyl (C=O) groups excluding carboxylic acids is 2. The fourth-order valence-corrected chi connectivity index (χ4v) is 5.89. The topological polar surface area (TPSA) is 101 Å². The molecule has 2 amide bonds. The van der Waals surface area contributed by atoms with Gasteiger partial charge in [0.05, 0.1) is 30.2 Å². The Balaban J connectivity index is 1.28. The molecule has 0 spiro atoms. The van der Waals surface area contributed by atoms with Crippen LogP contribution in [0.2, 0.25) is 0 Å². The molecule has 3 aliphatic carbocycles. The SMILES string of the molecule is CCCC(=O)N[C@@H](c1cnn2cc([C@@H](NC(=O)c3cc(C4CC4)ccn3)C3CCC(F)(F)CC3)nc2c1)C1CC1. The van der Waals surface area contributed by atoms with Crippen molar-refractivity contribution < 1.29 is 18.4 Å². The van der Waals surface area contributed by atoms with Gasteiger partial charge >= 0.3 is 0 Å². The fraction of sp³-hybridized carbons (Fsp3) is 0.567. The molecular formula is C30H36F2N6O2. The van der Waals surface area contributed by atoms with Crippen LogP contribution in [0.4, 0.5) is 8.78 Å². The predicted molar refractivity (Wildman–Crippen MR) is 145 cm³/mol. The zero-order valence-electron chi connectivity index (χ0n) is 22.8. The lowest BCUT2D eigenvalue weighted by atomic mass is 9.81. The van der Waals surface area contributed by atoms with Crippen molar-refractivity contribution in [2.45, 2.75) is 95.1 Å². The highest BCUT2D eigenvalue weighted by Crippen LogP contribution is 2.43. The molecule has 8 nitrogen and oxygen atoms in total. The number of alkyl halides is 2. The number of nitrogens with one attached hydrogen (secondary N) is 2. The second-order valence-corrected chi connectivity index (χ2v) is 11.8. The number of imidazole rings is 1. The van der Waals surface area contributed by atoms with Crippen LogP contribution in [0.3, 0.4) is 0 Å². The minimum absolute atomic E-state index is 0.0274. The number of pyridine rings is 1. The van der Waals surface area contributed by atoms with Crippen LogP contribution in [0.15, 0.2) is 36.8 Å². The molecule has 3 aromatic heterocycles. The fourth-order valence-electron chi connectivity index (χ4n) is 5.89. The first-order chi connectivity index (χ1) is 19.3. The number of halogens is 2. The second-order valence-electron chi connectivity index (χ2n) is 11.8. The van der Waals surface area contributed by atoms with Gasteiger partial charge in [0, 0.05) is 25.5 Å². The normalized spacial score (nSPS) is 20.7. The van der Waals surface area contributed by atoms with Gasteiger partial charge in [-0.3, -0.25) is 14.6 Å². The van der Waals surface area contributed by atoms with Crippen LogP contribution in [0.25, 0.3) is 5.65 Å². The third kappa shape index (κ3) is 6.00. The Labute approximate surface area is 232 Å². The molecule has 0 bridgehead atoms. The largest absolute Gasteiger partial charge is 0.349 e. The van der Waals surface area contributed by atoms with E-state index in [1.165, 1.54) is 0 Å². The summed E-state index contributed by atoms with van der Waals surface area (Å²) < 4.78 is 29.7. The maximum atomic E-state index is 14.0. The molecule has 10 heteroatoms. The number of fused-ring (bicyclic) bond motifs is 1. The molecule has 3 heterocycles. The molecule has 3 aliphatic rings. The number of rotatable bonds is 10. The molecule has 0 aromatic carbocycles. The first-order valence-electron chi connectivity index (χ1n) is 14.6. The van der Waals surface area contributed by atoms with Crippen molar-refractivity contribution in [1.29, 1.82) is 0 Å². The van der Waals surface area contributed by atoms with Crippen LogP contribution in [0.1, 0.15) is 116 Å². The van der Waals surface area contributed by atoms with E-state index in [0.29, 0.717) is 35.3 Å². The molecule has 0 aliphatic heterocycles. The van der Waals surface area contributed by atoms with Crippen molar-refractivity contribution in [2.75, 3.05) is 0 Å². The molecule has 2 N–H and O–H groups in total. The van der Waals surface area contributed by atoms with E-state index in [1.54, 1.807) is 23.1 Å². The van der Waals surface area contributed by atoms with Gasteiger partial charge in [0.1, 0.15) is 5.69 Å². The van der Waals surface area contributed by atoms with Crippen LogP contribution < -0.4 is 10.6 Å². The molecule has 0 saturated heterocycles. The summed E-state index contributed by atoms with van der Waals surface area (Å²) in [4.78, 5) is 34.9. The van der Waals surface area contributed by atoms with Crippen molar-refractivity contribution in [1.82, 2.24) is 30.2 Å². The Kier molecular flexibility index (Phi) is 7.27. The Morgan fingerprint density at radius 1 is 1.05 bits per heavy atom. The number of hydrogen-bond acceptors (Lipinski definition) is 5. The highest BCUT2D eigenvalue weighted by atomic mass is 19.3. The molecule has 40 heavy (non-hydrogen) atoms. The average molecular weight is 551 g/mol. The van der Waals surface area contributed by atoms with E-state index in [4.69, 9.17) is 4.98 Å². The van der Waals surface area contributed by atoms with Gasteiger partial charge in [0.2, 0.25) is 11.8 Å². The summed E-state index contributed by atoms with van der Waals surface area (Å²) in [6, 6.07) is 5.04. The summed E-state index contributed by atoms with van der Waals surface area (Å²) in [5.74, 6) is -2.31. The van der Waals surface area contributed by atoms with Gasteiger partial charge in [-0.25, -0.2) is 18.3 Å². The Morgan fingerprint density at radius 2 is 1.80 bits per heavy atom. The van der Waals surface area contributed by atoms with Gasteiger partial charge in [-0.15, -0.1) is 0 Å². The smallest absolute Gasteiger partial charge is 0.270 e. The Morgan fingerprint density at radius 3 is 2.50 bits per heavy atom. The predicted octanol–water partition coefficient (Wildman–Crippen LogP) is 5.67. The van der Waals surface area contributed by atoms with E-state index in [9.17, 15) is 18.4 Å². The van der Waals surface area contributed by atoms with Crippen LogP contribution in [0.5, 0.6) is 0 Å². The van der Waals surface area contributed by atoms with Crippen molar-refractivity contribution in [2.24, 2.45) is 11.8 Å². The molecule has 3 aromatic rings. The maximum absolute atomic E-state index is 14.0. The van der Waals surface area contributed by atoms with Crippen molar-refractivity contribution in [3.05, 3.63) is 59.3 Å². The highest BCUT2D eigenvalue weighted by molar-refractivity contribution is 5.92. The van der Waals surface area contributed by atoms with E-state index >= 15 is 0 Å². The second kappa shape index (κ2) is 10.9. The summed E-state index contributed by atoms with van der Waals surface area (Å²) in [6.45, 7) is 1.98. The first-order valence-corrected chi connectivity index (χ1v) is 14.6. The molecule has 212 valence electrons. The number of hydrogen-bond donors (Lipinski definition) is 2. The molecule has 3 fully saturated rings.